The summed E-state index contributed by atoms with van der Waals surface area (Å²) in [5.74, 6) is 1.12. The molecular formula is C18H18F3N3OS. The molecule has 138 valence electrons. The van der Waals surface area contributed by atoms with Crippen LogP contribution >= 0.6 is 11.3 Å². The Bertz CT molecular complexity index is 808. The molecule has 0 aliphatic carbocycles. The average Bonchev–Trinajstić information content (AvgIpc) is 3.29. The van der Waals surface area contributed by atoms with Crippen molar-refractivity contribution in [2.45, 2.75) is 12.6 Å². The molecule has 0 spiro atoms. The SMILES string of the molecule is O=C(Cc1csc(-c2cccc(C(F)(F)F)c2)n1)N1C[C@H]2CNC[C@H]2C1. The van der Waals surface area contributed by atoms with Gasteiger partial charge in [-0.2, -0.15) is 13.2 Å². The highest BCUT2D eigenvalue weighted by Crippen LogP contribution is 2.33. The van der Waals surface area contributed by atoms with Crippen molar-refractivity contribution in [1.82, 2.24) is 15.2 Å². The van der Waals surface area contributed by atoms with E-state index >= 15 is 0 Å². The van der Waals surface area contributed by atoms with E-state index in [4.69, 9.17) is 0 Å². The molecule has 8 heteroatoms. The number of hydrogen-bond donors (Lipinski definition) is 1. The van der Waals surface area contributed by atoms with E-state index < -0.39 is 11.7 Å². The highest BCUT2D eigenvalue weighted by atomic mass is 32.1. The third kappa shape index (κ3) is 3.48. The Kier molecular flexibility index (Phi) is 4.48. The summed E-state index contributed by atoms with van der Waals surface area (Å²) in [6, 6.07) is 5.12. The molecule has 2 saturated heterocycles. The summed E-state index contributed by atoms with van der Waals surface area (Å²) < 4.78 is 38.6. The molecule has 2 aliphatic rings. The van der Waals surface area contributed by atoms with Crippen LogP contribution in [0.4, 0.5) is 13.2 Å². The van der Waals surface area contributed by atoms with Crippen molar-refractivity contribution in [3.63, 3.8) is 0 Å². The Morgan fingerprint density at radius 2 is 2.00 bits per heavy atom. The predicted octanol–water partition coefficient (Wildman–Crippen LogP) is 3.05. The standard InChI is InChI=1S/C18H18F3N3OS/c19-18(20,21)14-3-1-2-11(4-14)17-23-15(10-26-17)5-16(25)24-8-12-6-22-7-13(12)9-24/h1-4,10,12-13,22H,5-9H2/t12-,13+. The third-order valence-corrected chi connectivity index (χ3v) is 6.00. The summed E-state index contributed by atoms with van der Waals surface area (Å²) in [6.45, 7) is 3.48. The maximum absolute atomic E-state index is 12.9. The number of hydrogen-bond acceptors (Lipinski definition) is 4. The molecule has 4 nitrogen and oxygen atoms in total. The fraction of sp³-hybridized carbons (Fsp3) is 0.444. The van der Waals surface area contributed by atoms with Crippen molar-refractivity contribution in [3.8, 4) is 10.6 Å². The summed E-state index contributed by atoms with van der Waals surface area (Å²) in [4.78, 5) is 18.8. The molecular weight excluding hydrogens is 363 g/mol. The van der Waals surface area contributed by atoms with Gasteiger partial charge in [0.05, 0.1) is 17.7 Å². The van der Waals surface area contributed by atoms with Gasteiger partial charge in [0.1, 0.15) is 5.01 Å². The molecule has 2 aromatic rings. The number of carbonyl (C=O) groups is 1. The highest BCUT2D eigenvalue weighted by molar-refractivity contribution is 7.13. The van der Waals surface area contributed by atoms with Crippen molar-refractivity contribution in [2.75, 3.05) is 26.2 Å². The fourth-order valence-electron chi connectivity index (χ4n) is 3.68. The van der Waals surface area contributed by atoms with Gasteiger partial charge >= 0.3 is 6.18 Å². The lowest BCUT2D eigenvalue weighted by molar-refractivity contribution is -0.137. The zero-order chi connectivity index (χ0) is 18.3. The minimum atomic E-state index is -4.38. The number of amides is 1. The summed E-state index contributed by atoms with van der Waals surface area (Å²) in [7, 11) is 0. The minimum absolute atomic E-state index is 0.0419. The van der Waals surface area contributed by atoms with Gasteiger partial charge in [0.2, 0.25) is 5.91 Å². The van der Waals surface area contributed by atoms with Crippen LogP contribution in [0.25, 0.3) is 10.6 Å². The number of alkyl halides is 3. The normalized spacial score (nSPS) is 22.7. The fourth-order valence-corrected chi connectivity index (χ4v) is 4.49. The van der Waals surface area contributed by atoms with E-state index in [0.717, 1.165) is 38.3 Å². The molecule has 0 radical (unpaired) electrons. The lowest BCUT2D eigenvalue weighted by atomic mass is 10.0. The van der Waals surface area contributed by atoms with E-state index in [2.05, 4.69) is 10.3 Å². The third-order valence-electron chi connectivity index (χ3n) is 5.06. The molecule has 2 fully saturated rings. The predicted molar refractivity (Wildman–Crippen MR) is 92.7 cm³/mol. The monoisotopic (exact) mass is 381 g/mol. The Balaban J connectivity index is 1.44. The van der Waals surface area contributed by atoms with Crippen molar-refractivity contribution >= 4 is 17.2 Å². The Hall–Kier alpha value is -1.93. The first-order valence-electron chi connectivity index (χ1n) is 8.50. The summed E-state index contributed by atoms with van der Waals surface area (Å²) >= 11 is 1.26. The largest absolute Gasteiger partial charge is 0.416 e. The van der Waals surface area contributed by atoms with Crippen LogP contribution in [0.3, 0.4) is 0 Å². The molecule has 3 heterocycles. The topological polar surface area (TPSA) is 45.2 Å². The van der Waals surface area contributed by atoms with E-state index in [1.807, 2.05) is 4.90 Å². The molecule has 4 rings (SSSR count). The maximum Gasteiger partial charge on any atom is 0.416 e. The Morgan fingerprint density at radius 1 is 1.27 bits per heavy atom. The number of thiazole rings is 1. The second-order valence-electron chi connectivity index (χ2n) is 6.88. The minimum Gasteiger partial charge on any atom is -0.342 e. The number of fused-ring (bicyclic) bond motifs is 1. The van der Waals surface area contributed by atoms with Gasteiger partial charge in [-0.3, -0.25) is 4.79 Å². The van der Waals surface area contributed by atoms with Crippen molar-refractivity contribution in [3.05, 3.63) is 40.9 Å². The molecule has 26 heavy (non-hydrogen) atoms. The van der Waals surface area contributed by atoms with Crippen LogP contribution in [-0.2, 0) is 17.4 Å². The molecule has 0 saturated carbocycles. The van der Waals surface area contributed by atoms with Crippen LogP contribution in [0.1, 0.15) is 11.3 Å². The van der Waals surface area contributed by atoms with Gasteiger partial charge in [0.25, 0.3) is 0 Å². The smallest absolute Gasteiger partial charge is 0.342 e. The summed E-state index contributed by atoms with van der Waals surface area (Å²) in [6.07, 6.45) is -4.18. The van der Waals surface area contributed by atoms with Gasteiger partial charge in [-0.25, -0.2) is 4.98 Å². The van der Waals surface area contributed by atoms with E-state index in [1.165, 1.54) is 17.4 Å². The van der Waals surface area contributed by atoms with Crippen LogP contribution in [0.15, 0.2) is 29.6 Å². The quantitative estimate of drug-likeness (QED) is 0.889. The van der Waals surface area contributed by atoms with Crippen LogP contribution in [0, 0.1) is 11.8 Å². The summed E-state index contributed by atoms with van der Waals surface area (Å²) in [5.41, 5.74) is 0.341. The molecule has 2 atom stereocenters. The molecule has 1 aromatic heterocycles. The Labute approximate surface area is 153 Å². The second-order valence-corrected chi connectivity index (χ2v) is 7.73. The first kappa shape index (κ1) is 17.5. The second kappa shape index (κ2) is 6.66. The molecule has 0 bridgehead atoms. The molecule has 1 aromatic carbocycles. The van der Waals surface area contributed by atoms with E-state index in [-0.39, 0.29) is 12.3 Å². The number of carbonyl (C=O) groups excluding carboxylic acids is 1. The van der Waals surface area contributed by atoms with Gasteiger partial charge in [-0.15, -0.1) is 11.3 Å². The number of likely N-dealkylation sites (tertiary alicyclic amines) is 1. The van der Waals surface area contributed by atoms with Gasteiger partial charge in [0.15, 0.2) is 0 Å². The molecule has 1 amide bonds. The van der Waals surface area contributed by atoms with Gasteiger partial charge < -0.3 is 10.2 Å². The van der Waals surface area contributed by atoms with Gasteiger partial charge in [0, 0.05) is 37.1 Å². The number of nitrogens with zero attached hydrogens (tertiary/aromatic N) is 2. The highest BCUT2D eigenvalue weighted by Gasteiger charge is 2.38. The van der Waals surface area contributed by atoms with Crippen LogP contribution in [-0.4, -0.2) is 42.0 Å². The Morgan fingerprint density at radius 3 is 2.69 bits per heavy atom. The summed E-state index contributed by atoms with van der Waals surface area (Å²) in [5, 5.41) is 5.60. The number of halogens is 3. The average molecular weight is 381 g/mol. The van der Waals surface area contributed by atoms with Crippen molar-refractivity contribution < 1.29 is 18.0 Å². The van der Waals surface area contributed by atoms with Crippen LogP contribution < -0.4 is 5.32 Å². The van der Waals surface area contributed by atoms with Crippen molar-refractivity contribution in [2.24, 2.45) is 11.8 Å². The zero-order valence-corrected chi connectivity index (χ0v) is 14.7. The first-order valence-corrected chi connectivity index (χ1v) is 9.38. The maximum atomic E-state index is 12.9. The molecule has 2 aliphatic heterocycles. The number of rotatable bonds is 3. The van der Waals surface area contributed by atoms with E-state index in [0.29, 0.717) is 28.1 Å². The number of aromatic nitrogens is 1. The van der Waals surface area contributed by atoms with Crippen LogP contribution in [0.5, 0.6) is 0 Å². The lowest BCUT2D eigenvalue weighted by Gasteiger charge is -2.16. The zero-order valence-electron chi connectivity index (χ0n) is 13.9. The van der Waals surface area contributed by atoms with Gasteiger partial charge in [-0.05, 0) is 24.0 Å². The molecule has 1 N–H and O–H groups in total. The van der Waals surface area contributed by atoms with Gasteiger partial charge in [-0.1, -0.05) is 12.1 Å². The number of nitrogens with one attached hydrogen (secondary N) is 1. The van der Waals surface area contributed by atoms with E-state index in [9.17, 15) is 18.0 Å². The van der Waals surface area contributed by atoms with Crippen LogP contribution in [0.2, 0.25) is 0 Å². The molecule has 0 unspecified atom stereocenters. The van der Waals surface area contributed by atoms with E-state index in [1.54, 1.807) is 11.4 Å². The van der Waals surface area contributed by atoms with Crippen molar-refractivity contribution in [1.29, 1.82) is 0 Å². The number of benzene rings is 1. The first-order chi connectivity index (χ1) is 12.4. The lowest BCUT2D eigenvalue weighted by Crippen LogP contribution is -2.33.